The smallest absolute Gasteiger partial charge is 0.165 e. The van der Waals surface area contributed by atoms with Gasteiger partial charge >= 0.3 is 0 Å². The third-order valence-electron chi connectivity index (χ3n) is 8.56. The van der Waals surface area contributed by atoms with E-state index in [4.69, 9.17) is 4.74 Å². The molecule has 0 spiro atoms. The zero-order valence-electron chi connectivity index (χ0n) is 22.3. The molecule has 2 heteroatoms. The number of ether oxygens (including phenoxy) is 1. The molecule has 0 saturated heterocycles. The third kappa shape index (κ3) is 9.38. The number of aryl methyl sites for hydroxylation is 1. The van der Waals surface area contributed by atoms with Crippen LogP contribution in [0.1, 0.15) is 129 Å². The van der Waals surface area contributed by atoms with Gasteiger partial charge in [-0.25, -0.2) is 4.39 Å². The van der Waals surface area contributed by atoms with Crippen molar-refractivity contribution < 1.29 is 9.13 Å². The van der Waals surface area contributed by atoms with Crippen molar-refractivity contribution in [3.63, 3.8) is 0 Å². The first-order chi connectivity index (χ1) is 16.7. The van der Waals surface area contributed by atoms with E-state index in [1.807, 2.05) is 6.07 Å². The van der Waals surface area contributed by atoms with Crippen molar-refractivity contribution in [3.8, 4) is 5.75 Å². The molecule has 34 heavy (non-hydrogen) atoms. The van der Waals surface area contributed by atoms with E-state index in [1.54, 1.807) is 11.6 Å². The van der Waals surface area contributed by atoms with E-state index < -0.39 is 0 Å². The Morgan fingerprint density at radius 1 is 0.824 bits per heavy atom. The lowest BCUT2D eigenvalue weighted by Crippen LogP contribution is -2.23. The Kier molecular flexibility index (Phi) is 12.5. The zero-order chi connectivity index (χ0) is 24.0. The standard InChI is InChI=1S/C32H51FO/c1-3-5-7-9-11-26-14-19-29(20-15-26)30-21-16-27(17-22-30)12-13-28-18-23-32(31(33)25-28)34-24-10-8-6-4-2/h16,18,23,25-26,29-30H,3-15,17,19-22,24H2,1-2H3/t26-,29-,30?. The van der Waals surface area contributed by atoms with Crippen LogP contribution >= 0.6 is 0 Å². The molecule has 3 rings (SSSR count). The summed E-state index contributed by atoms with van der Waals surface area (Å²) < 4.78 is 20.1. The second-order valence-electron chi connectivity index (χ2n) is 11.2. The molecule has 0 radical (unpaired) electrons. The first kappa shape index (κ1) is 27.3. The molecule has 1 aromatic rings. The molecule has 0 bridgehead atoms. The van der Waals surface area contributed by atoms with Crippen molar-refractivity contribution in [1.82, 2.24) is 0 Å². The van der Waals surface area contributed by atoms with Crippen molar-refractivity contribution in [2.24, 2.45) is 17.8 Å². The molecule has 1 fully saturated rings. The SMILES string of the molecule is CCCCCCOc1ccc(CCC2=CCC([C@H]3CC[C@H](CCCCCC)CC3)CC2)cc1F. The fourth-order valence-corrected chi connectivity index (χ4v) is 6.20. The van der Waals surface area contributed by atoms with Gasteiger partial charge in [-0.2, -0.15) is 0 Å². The molecule has 0 heterocycles. The summed E-state index contributed by atoms with van der Waals surface area (Å²) in [5.74, 6) is 3.10. The molecule has 0 N–H and O–H groups in total. The fraction of sp³-hybridized carbons (Fsp3) is 0.750. The van der Waals surface area contributed by atoms with Crippen LogP contribution in [0.4, 0.5) is 4.39 Å². The summed E-state index contributed by atoms with van der Waals surface area (Å²) >= 11 is 0. The fourth-order valence-electron chi connectivity index (χ4n) is 6.20. The number of hydrogen-bond acceptors (Lipinski definition) is 1. The number of halogens is 1. The summed E-state index contributed by atoms with van der Waals surface area (Å²) in [5.41, 5.74) is 2.69. The molecule has 1 atom stereocenters. The lowest BCUT2D eigenvalue weighted by Gasteiger charge is -2.35. The molecule has 0 aliphatic heterocycles. The molecule has 0 amide bonds. The van der Waals surface area contributed by atoms with Crippen LogP contribution in [0.25, 0.3) is 0 Å². The predicted molar refractivity (Wildman–Crippen MR) is 144 cm³/mol. The second-order valence-corrected chi connectivity index (χ2v) is 11.2. The van der Waals surface area contributed by atoms with E-state index in [0.717, 1.165) is 49.0 Å². The Balaban J connectivity index is 1.33. The summed E-state index contributed by atoms with van der Waals surface area (Å²) in [4.78, 5) is 0. The maximum Gasteiger partial charge on any atom is 0.165 e. The normalized spacial score (nSPS) is 23.0. The van der Waals surface area contributed by atoms with Crippen molar-refractivity contribution in [1.29, 1.82) is 0 Å². The van der Waals surface area contributed by atoms with Crippen LogP contribution < -0.4 is 4.74 Å². The summed E-state index contributed by atoms with van der Waals surface area (Å²) in [6, 6.07) is 5.57. The monoisotopic (exact) mass is 470 g/mol. The number of rotatable bonds is 15. The summed E-state index contributed by atoms with van der Waals surface area (Å²) in [6.45, 7) is 5.12. The minimum atomic E-state index is -0.202. The van der Waals surface area contributed by atoms with Crippen molar-refractivity contribution >= 4 is 0 Å². The maximum absolute atomic E-state index is 14.4. The Labute approximate surface area is 209 Å². The highest BCUT2D eigenvalue weighted by molar-refractivity contribution is 5.30. The Bertz CT molecular complexity index is 716. The van der Waals surface area contributed by atoms with Crippen LogP contribution in [0.3, 0.4) is 0 Å². The van der Waals surface area contributed by atoms with Crippen LogP contribution in [-0.4, -0.2) is 6.61 Å². The van der Waals surface area contributed by atoms with Gasteiger partial charge in [-0.1, -0.05) is 95.8 Å². The van der Waals surface area contributed by atoms with Gasteiger partial charge < -0.3 is 4.74 Å². The first-order valence-electron chi connectivity index (χ1n) is 14.8. The van der Waals surface area contributed by atoms with Gasteiger partial charge in [-0.05, 0) is 86.8 Å². The second kappa shape index (κ2) is 15.6. The van der Waals surface area contributed by atoms with E-state index in [0.29, 0.717) is 12.4 Å². The van der Waals surface area contributed by atoms with Crippen LogP contribution in [0.5, 0.6) is 5.75 Å². The largest absolute Gasteiger partial charge is 0.491 e. The molecule has 2 aliphatic rings. The summed E-state index contributed by atoms with van der Waals surface area (Å²) in [7, 11) is 0. The van der Waals surface area contributed by atoms with Crippen molar-refractivity contribution in [3.05, 3.63) is 41.2 Å². The quantitative estimate of drug-likeness (QED) is 0.183. The van der Waals surface area contributed by atoms with Gasteiger partial charge in [-0.3, -0.25) is 0 Å². The highest BCUT2D eigenvalue weighted by atomic mass is 19.1. The van der Waals surface area contributed by atoms with Crippen molar-refractivity contribution in [2.45, 2.75) is 129 Å². The average Bonchev–Trinajstić information content (AvgIpc) is 2.87. The third-order valence-corrected chi connectivity index (χ3v) is 8.56. The van der Waals surface area contributed by atoms with E-state index >= 15 is 0 Å². The van der Waals surface area contributed by atoms with E-state index in [9.17, 15) is 4.39 Å². The Morgan fingerprint density at radius 2 is 1.59 bits per heavy atom. The molecule has 2 aliphatic carbocycles. The maximum atomic E-state index is 14.4. The Morgan fingerprint density at radius 3 is 2.26 bits per heavy atom. The number of hydrogen-bond donors (Lipinski definition) is 0. The highest BCUT2D eigenvalue weighted by Gasteiger charge is 2.28. The zero-order valence-corrected chi connectivity index (χ0v) is 22.3. The minimum absolute atomic E-state index is 0.202. The van der Waals surface area contributed by atoms with Crippen LogP contribution in [-0.2, 0) is 6.42 Å². The van der Waals surface area contributed by atoms with Gasteiger partial charge in [0.25, 0.3) is 0 Å². The van der Waals surface area contributed by atoms with E-state index in [1.165, 1.54) is 89.9 Å². The molecular formula is C32H51FO. The van der Waals surface area contributed by atoms with Gasteiger partial charge in [-0.15, -0.1) is 0 Å². The predicted octanol–water partition coefficient (Wildman–Crippen LogP) is 10.2. The van der Waals surface area contributed by atoms with Gasteiger partial charge in [0, 0.05) is 0 Å². The average molecular weight is 471 g/mol. The molecule has 1 aromatic carbocycles. The topological polar surface area (TPSA) is 9.23 Å². The first-order valence-corrected chi connectivity index (χ1v) is 14.8. The molecule has 0 aromatic heterocycles. The van der Waals surface area contributed by atoms with Gasteiger partial charge in [0.05, 0.1) is 6.61 Å². The molecular weight excluding hydrogens is 419 g/mol. The van der Waals surface area contributed by atoms with Crippen LogP contribution in [0.15, 0.2) is 29.8 Å². The highest BCUT2D eigenvalue weighted by Crippen LogP contribution is 2.41. The number of benzene rings is 1. The van der Waals surface area contributed by atoms with E-state index in [2.05, 4.69) is 26.0 Å². The molecule has 1 saturated carbocycles. The molecule has 1 unspecified atom stereocenters. The lowest BCUT2D eigenvalue weighted by atomic mass is 9.70. The van der Waals surface area contributed by atoms with E-state index in [-0.39, 0.29) is 5.82 Å². The van der Waals surface area contributed by atoms with Crippen LogP contribution in [0, 0.1) is 23.6 Å². The number of unbranched alkanes of at least 4 members (excludes halogenated alkanes) is 6. The number of allylic oxidation sites excluding steroid dienone is 2. The minimum Gasteiger partial charge on any atom is -0.491 e. The van der Waals surface area contributed by atoms with Gasteiger partial charge in [0.15, 0.2) is 11.6 Å². The van der Waals surface area contributed by atoms with Crippen molar-refractivity contribution in [2.75, 3.05) is 6.61 Å². The van der Waals surface area contributed by atoms with Crippen LogP contribution in [0.2, 0.25) is 0 Å². The van der Waals surface area contributed by atoms with Gasteiger partial charge in [0.1, 0.15) is 0 Å². The lowest BCUT2D eigenvalue weighted by molar-refractivity contribution is 0.185. The molecule has 1 nitrogen and oxygen atoms in total. The summed E-state index contributed by atoms with van der Waals surface area (Å²) in [5, 5.41) is 0. The Hall–Kier alpha value is -1.31. The summed E-state index contributed by atoms with van der Waals surface area (Å²) in [6.07, 6.45) is 26.1. The molecule has 192 valence electrons. The van der Waals surface area contributed by atoms with Gasteiger partial charge in [0.2, 0.25) is 0 Å².